The Morgan fingerprint density at radius 2 is 2.14 bits per heavy atom. The summed E-state index contributed by atoms with van der Waals surface area (Å²) in [5, 5.41) is 0.903. The van der Waals surface area contributed by atoms with Gasteiger partial charge in [0.2, 0.25) is 10.0 Å². The Bertz CT molecular complexity index is 683. The van der Waals surface area contributed by atoms with Crippen LogP contribution in [0.25, 0.3) is 0 Å². The van der Waals surface area contributed by atoms with Gasteiger partial charge in [0, 0.05) is 30.6 Å². The van der Waals surface area contributed by atoms with Crippen LogP contribution in [0.2, 0.25) is 0 Å². The second-order valence-electron chi connectivity index (χ2n) is 5.77. The van der Waals surface area contributed by atoms with Crippen molar-refractivity contribution >= 4 is 15.9 Å². The van der Waals surface area contributed by atoms with Gasteiger partial charge in [-0.3, -0.25) is 4.79 Å². The molecule has 0 saturated carbocycles. The lowest BCUT2D eigenvalue weighted by Gasteiger charge is -2.17. The largest absolute Gasteiger partial charge is 0.338 e. The molecule has 1 aromatic carbocycles. The molecule has 1 fully saturated rings. The predicted octanol–water partition coefficient (Wildman–Crippen LogP) is 1.83. The number of rotatable bonds is 5. The molecule has 0 unspecified atom stereocenters. The first-order valence-electron chi connectivity index (χ1n) is 7.31. The van der Waals surface area contributed by atoms with E-state index in [0.29, 0.717) is 25.2 Å². The first kappa shape index (κ1) is 16.7. The summed E-state index contributed by atoms with van der Waals surface area (Å²) in [6.07, 6.45) is 0.802. The summed E-state index contributed by atoms with van der Waals surface area (Å²) in [5.41, 5.74) is 2.95. The molecule has 0 spiro atoms. The number of sulfonamides is 1. The number of nitrogens with zero attached hydrogens (tertiary/aromatic N) is 1. The van der Waals surface area contributed by atoms with Crippen molar-refractivity contribution in [3.05, 3.63) is 46.9 Å². The standard InChI is InChI=1S/C16H22N2O3S/c1-4-22(20,21)17-10-14-7-8-18(11-14)16(19)15-6-5-12(2)13(3)9-15/h4-6,9,14,17H,1,7-8,10-11H2,2-3H3/t14-/m1/s1. The van der Waals surface area contributed by atoms with E-state index in [4.69, 9.17) is 0 Å². The van der Waals surface area contributed by atoms with Crippen LogP contribution >= 0.6 is 0 Å². The topological polar surface area (TPSA) is 66.5 Å². The number of carbonyl (C=O) groups excluding carboxylic acids is 1. The average molecular weight is 322 g/mol. The minimum Gasteiger partial charge on any atom is -0.338 e. The maximum absolute atomic E-state index is 12.5. The fraction of sp³-hybridized carbons (Fsp3) is 0.438. The monoisotopic (exact) mass is 322 g/mol. The van der Waals surface area contributed by atoms with Gasteiger partial charge in [-0.05, 0) is 49.4 Å². The van der Waals surface area contributed by atoms with Gasteiger partial charge in [-0.1, -0.05) is 12.6 Å². The third-order valence-corrected chi connectivity index (χ3v) is 5.13. The third-order valence-electron chi connectivity index (χ3n) is 4.12. The molecule has 2 rings (SSSR count). The highest BCUT2D eigenvalue weighted by Gasteiger charge is 2.27. The molecule has 0 radical (unpaired) electrons. The van der Waals surface area contributed by atoms with Crippen molar-refractivity contribution in [3.8, 4) is 0 Å². The van der Waals surface area contributed by atoms with E-state index in [9.17, 15) is 13.2 Å². The smallest absolute Gasteiger partial charge is 0.253 e. The highest BCUT2D eigenvalue weighted by Crippen LogP contribution is 2.19. The summed E-state index contributed by atoms with van der Waals surface area (Å²) >= 11 is 0. The van der Waals surface area contributed by atoms with Gasteiger partial charge in [0.05, 0.1) is 0 Å². The summed E-state index contributed by atoms with van der Waals surface area (Å²) in [7, 11) is -3.40. The van der Waals surface area contributed by atoms with Crippen LogP contribution in [-0.4, -0.2) is 38.9 Å². The van der Waals surface area contributed by atoms with Crippen LogP contribution in [0.4, 0.5) is 0 Å². The third kappa shape index (κ3) is 3.96. The van der Waals surface area contributed by atoms with Crippen LogP contribution in [0.15, 0.2) is 30.2 Å². The molecule has 1 saturated heterocycles. The minimum atomic E-state index is -3.40. The first-order chi connectivity index (χ1) is 10.3. The van der Waals surface area contributed by atoms with Crippen LogP contribution in [-0.2, 0) is 10.0 Å². The molecule has 1 N–H and O–H groups in total. The Hall–Kier alpha value is -1.66. The maximum Gasteiger partial charge on any atom is 0.253 e. The first-order valence-corrected chi connectivity index (χ1v) is 8.85. The van der Waals surface area contributed by atoms with Crippen LogP contribution in [0.3, 0.4) is 0 Å². The number of likely N-dealkylation sites (tertiary alicyclic amines) is 1. The van der Waals surface area contributed by atoms with Gasteiger partial charge < -0.3 is 4.90 Å². The second kappa shape index (κ2) is 6.62. The molecule has 0 aliphatic carbocycles. The van der Waals surface area contributed by atoms with Crippen molar-refractivity contribution in [1.82, 2.24) is 9.62 Å². The second-order valence-corrected chi connectivity index (χ2v) is 7.48. The van der Waals surface area contributed by atoms with Crippen molar-refractivity contribution in [1.29, 1.82) is 0 Å². The Balaban J connectivity index is 1.96. The molecule has 1 atom stereocenters. The van der Waals surface area contributed by atoms with Crippen molar-refractivity contribution in [3.63, 3.8) is 0 Å². The molecular formula is C16H22N2O3S. The van der Waals surface area contributed by atoms with Crippen LogP contribution in [0.5, 0.6) is 0 Å². The van der Waals surface area contributed by atoms with E-state index in [2.05, 4.69) is 11.3 Å². The van der Waals surface area contributed by atoms with Crippen molar-refractivity contribution in [2.45, 2.75) is 20.3 Å². The van der Waals surface area contributed by atoms with E-state index in [1.807, 2.05) is 32.0 Å². The highest BCUT2D eigenvalue weighted by atomic mass is 32.2. The number of carbonyl (C=O) groups is 1. The lowest BCUT2D eigenvalue weighted by molar-refractivity contribution is 0.0787. The summed E-state index contributed by atoms with van der Waals surface area (Å²) in [5.74, 6) is 0.155. The molecular weight excluding hydrogens is 300 g/mol. The van der Waals surface area contributed by atoms with Gasteiger partial charge in [-0.25, -0.2) is 13.1 Å². The van der Waals surface area contributed by atoms with E-state index in [1.165, 1.54) is 0 Å². The van der Waals surface area contributed by atoms with Crippen molar-refractivity contribution in [2.75, 3.05) is 19.6 Å². The maximum atomic E-state index is 12.5. The molecule has 120 valence electrons. The summed E-state index contributed by atoms with van der Waals surface area (Å²) in [6, 6.07) is 5.71. The molecule has 6 heteroatoms. The molecule has 22 heavy (non-hydrogen) atoms. The number of nitrogens with one attached hydrogen (secondary N) is 1. The Kier molecular flexibility index (Phi) is 5.03. The summed E-state index contributed by atoms with van der Waals surface area (Å²) in [6.45, 7) is 8.84. The minimum absolute atomic E-state index is 0.0113. The zero-order chi connectivity index (χ0) is 16.3. The SMILES string of the molecule is C=CS(=O)(=O)NC[C@H]1CCN(C(=O)c2ccc(C)c(C)c2)C1. The highest BCUT2D eigenvalue weighted by molar-refractivity contribution is 7.92. The van der Waals surface area contributed by atoms with Crippen LogP contribution < -0.4 is 4.72 Å². The Morgan fingerprint density at radius 3 is 2.77 bits per heavy atom. The van der Waals surface area contributed by atoms with E-state index in [0.717, 1.165) is 23.0 Å². The average Bonchev–Trinajstić information content (AvgIpc) is 2.96. The van der Waals surface area contributed by atoms with E-state index >= 15 is 0 Å². The number of benzene rings is 1. The predicted molar refractivity (Wildman–Crippen MR) is 87.0 cm³/mol. The van der Waals surface area contributed by atoms with Crippen molar-refractivity contribution in [2.24, 2.45) is 5.92 Å². The van der Waals surface area contributed by atoms with Crippen LogP contribution in [0.1, 0.15) is 27.9 Å². The van der Waals surface area contributed by atoms with Gasteiger partial charge >= 0.3 is 0 Å². The molecule has 5 nitrogen and oxygen atoms in total. The number of hydrogen-bond acceptors (Lipinski definition) is 3. The zero-order valence-corrected chi connectivity index (χ0v) is 13.8. The lowest BCUT2D eigenvalue weighted by atomic mass is 10.1. The molecule has 0 aromatic heterocycles. The van der Waals surface area contributed by atoms with Gasteiger partial charge in [0.1, 0.15) is 0 Å². The molecule has 1 aliphatic heterocycles. The van der Waals surface area contributed by atoms with Gasteiger partial charge in [-0.2, -0.15) is 0 Å². The zero-order valence-electron chi connectivity index (χ0n) is 13.0. The molecule has 1 heterocycles. The summed E-state index contributed by atoms with van der Waals surface area (Å²) < 4.78 is 25.2. The number of aryl methyl sites for hydroxylation is 2. The summed E-state index contributed by atoms with van der Waals surface area (Å²) in [4.78, 5) is 14.3. The fourth-order valence-corrected chi connectivity index (χ4v) is 3.12. The molecule has 0 bridgehead atoms. The van der Waals surface area contributed by atoms with Crippen LogP contribution in [0, 0.1) is 19.8 Å². The van der Waals surface area contributed by atoms with Gasteiger partial charge in [0.25, 0.3) is 5.91 Å². The van der Waals surface area contributed by atoms with Gasteiger partial charge in [0.15, 0.2) is 0 Å². The normalized spacial score (nSPS) is 18.5. The number of amides is 1. The Morgan fingerprint density at radius 1 is 1.41 bits per heavy atom. The molecule has 1 amide bonds. The fourth-order valence-electron chi connectivity index (χ4n) is 2.53. The van der Waals surface area contributed by atoms with E-state index < -0.39 is 10.0 Å². The quantitative estimate of drug-likeness (QED) is 0.899. The van der Waals surface area contributed by atoms with Crippen molar-refractivity contribution < 1.29 is 13.2 Å². The molecule has 1 aromatic rings. The van der Waals surface area contributed by atoms with E-state index in [1.54, 1.807) is 4.90 Å². The van der Waals surface area contributed by atoms with Gasteiger partial charge in [-0.15, -0.1) is 0 Å². The number of hydrogen-bond donors (Lipinski definition) is 1. The molecule has 1 aliphatic rings. The lowest BCUT2D eigenvalue weighted by Crippen LogP contribution is -2.32. The van der Waals surface area contributed by atoms with E-state index in [-0.39, 0.29) is 11.8 Å². The Labute approximate surface area is 132 Å².